The third-order valence-corrected chi connectivity index (χ3v) is 1.87. The fourth-order valence-corrected chi connectivity index (χ4v) is 1.12. The van der Waals surface area contributed by atoms with Gasteiger partial charge in [0.05, 0.1) is 11.9 Å². The summed E-state index contributed by atoms with van der Waals surface area (Å²) in [5, 5.41) is 12.4. The fourth-order valence-electron chi connectivity index (χ4n) is 1.12. The molecule has 0 unspecified atom stereocenters. The van der Waals surface area contributed by atoms with E-state index < -0.39 is 6.67 Å². The molecule has 1 aliphatic rings. The number of alkyl halides is 1. The van der Waals surface area contributed by atoms with Crippen molar-refractivity contribution < 1.29 is 4.39 Å². The second-order valence-corrected chi connectivity index (χ2v) is 3.55. The van der Waals surface area contributed by atoms with Gasteiger partial charge in [0.25, 0.3) is 0 Å². The first-order chi connectivity index (χ1) is 7.54. The number of halogens is 1. The van der Waals surface area contributed by atoms with E-state index >= 15 is 0 Å². The van der Waals surface area contributed by atoms with Gasteiger partial charge in [-0.05, 0) is 23.9 Å². The predicted octanol–water partition coefficient (Wildman–Crippen LogP) is 1.75. The van der Waals surface area contributed by atoms with Crippen molar-refractivity contribution in [3.8, 4) is 0 Å². The van der Waals surface area contributed by atoms with Crippen molar-refractivity contribution in [2.24, 2.45) is 5.10 Å². The molecule has 0 bridgehead atoms. The van der Waals surface area contributed by atoms with Crippen LogP contribution in [0.25, 0.3) is 0 Å². The van der Waals surface area contributed by atoms with E-state index in [1.54, 1.807) is 12.3 Å². The van der Waals surface area contributed by atoms with E-state index in [4.69, 9.17) is 5.41 Å². The SMILES string of the molecule is C=C1C=C(/C=C/N(C)C)C=NN1C(=N)CF. The van der Waals surface area contributed by atoms with Gasteiger partial charge in [-0.25, -0.2) is 9.40 Å². The molecule has 86 valence electrons. The zero-order chi connectivity index (χ0) is 12.1. The summed E-state index contributed by atoms with van der Waals surface area (Å²) < 4.78 is 12.3. The highest BCUT2D eigenvalue weighted by Crippen LogP contribution is 2.14. The molecule has 0 aromatic carbocycles. The molecular formula is C11H15FN4. The number of hydrazone groups is 1. The molecule has 0 saturated carbocycles. The maximum atomic E-state index is 12.3. The molecule has 1 rings (SSSR count). The highest BCUT2D eigenvalue weighted by Gasteiger charge is 2.13. The number of nitrogens with one attached hydrogen (secondary N) is 1. The Hall–Kier alpha value is -1.91. The number of rotatable bonds is 3. The Labute approximate surface area is 94.6 Å². The van der Waals surface area contributed by atoms with Gasteiger partial charge in [-0.1, -0.05) is 6.58 Å². The Morgan fingerprint density at radius 3 is 2.88 bits per heavy atom. The number of amidine groups is 1. The lowest BCUT2D eigenvalue weighted by Gasteiger charge is -2.21. The molecule has 1 aliphatic heterocycles. The molecule has 16 heavy (non-hydrogen) atoms. The number of hydrogen-bond acceptors (Lipinski definition) is 3. The molecule has 1 heterocycles. The molecule has 5 heteroatoms. The predicted molar refractivity (Wildman–Crippen MR) is 64.1 cm³/mol. The monoisotopic (exact) mass is 222 g/mol. The van der Waals surface area contributed by atoms with Crippen LogP contribution >= 0.6 is 0 Å². The Bertz CT molecular complexity index is 379. The normalized spacial score (nSPS) is 15.6. The summed E-state index contributed by atoms with van der Waals surface area (Å²) >= 11 is 0. The Morgan fingerprint density at radius 1 is 1.69 bits per heavy atom. The van der Waals surface area contributed by atoms with Gasteiger partial charge in [-0.2, -0.15) is 5.10 Å². The van der Waals surface area contributed by atoms with Crippen LogP contribution in [-0.4, -0.2) is 42.7 Å². The lowest BCUT2D eigenvalue weighted by atomic mass is 10.2. The third-order valence-electron chi connectivity index (χ3n) is 1.87. The summed E-state index contributed by atoms with van der Waals surface area (Å²) in [5.41, 5.74) is 1.35. The van der Waals surface area contributed by atoms with Crippen LogP contribution in [-0.2, 0) is 0 Å². The molecule has 4 nitrogen and oxygen atoms in total. The zero-order valence-electron chi connectivity index (χ0n) is 9.44. The minimum Gasteiger partial charge on any atom is -0.383 e. The first kappa shape index (κ1) is 12.2. The zero-order valence-corrected chi connectivity index (χ0v) is 9.44. The van der Waals surface area contributed by atoms with E-state index in [0.717, 1.165) is 5.57 Å². The Morgan fingerprint density at radius 2 is 2.38 bits per heavy atom. The molecular weight excluding hydrogens is 207 g/mol. The summed E-state index contributed by atoms with van der Waals surface area (Å²) in [5.74, 6) is -0.215. The highest BCUT2D eigenvalue weighted by atomic mass is 19.1. The summed E-state index contributed by atoms with van der Waals surface area (Å²) in [6.45, 7) is 2.87. The summed E-state index contributed by atoms with van der Waals surface area (Å²) in [7, 11) is 3.83. The van der Waals surface area contributed by atoms with Crippen LogP contribution in [0.4, 0.5) is 4.39 Å². The van der Waals surface area contributed by atoms with Gasteiger partial charge < -0.3 is 4.90 Å². The van der Waals surface area contributed by atoms with Crippen molar-refractivity contribution in [1.29, 1.82) is 5.41 Å². The van der Waals surface area contributed by atoms with Crippen LogP contribution in [0, 0.1) is 5.41 Å². The molecule has 0 saturated heterocycles. The van der Waals surface area contributed by atoms with Crippen LogP contribution in [0.1, 0.15) is 0 Å². The van der Waals surface area contributed by atoms with Gasteiger partial charge in [-0.3, -0.25) is 5.41 Å². The van der Waals surface area contributed by atoms with Crippen molar-refractivity contribution in [3.05, 3.63) is 36.2 Å². The Balaban J connectivity index is 2.74. The van der Waals surface area contributed by atoms with E-state index in [9.17, 15) is 4.39 Å². The molecule has 0 atom stereocenters. The van der Waals surface area contributed by atoms with E-state index in [1.165, 1.54) is 5.01 Å². The first-order valence-electron chi connectivity index (χ1n) is 4.77. The molecule has 0 aliphatic carbocycles. The minimum absolute atomic E-state index is 0.215. The molecule has 0 fully saturated rings. The third kappa shape index (κ3) is 3.05. The van der Waals surface area contributed by atoms with Crippen LogP contribution in [0.5, 0.6) is 0 Å². The van der Waals surface area contributed by atoms with Gasteiger partial charge in [0, 0.05) is 14.1 Å². The van der Waals surface area contributed by atoms with Gasteiger partial charge in [0.15, 0.2) is 5.84 Å². The van der Waals surface area contributed by atoms with Gasteiger partial charge >= 0.3 is 0 Å². The average molecular weight is 222 g/mol. The number of allylic oxidation sites excluding steroid dienone is 3. The summed E-state index contributed by atoms with van der Waals surface area (Å²) in [6, 6.07) is 0. The van der Waals surface area contributed by atoms with Gasteiger partial charge in [0.1, 0.15) is 6.67 Å². The lowest BCUT2D eigenvalue weighted by molar-refractivity contribution is 0.491. The minimum atomic E-state index is -0.854. The van der Waals surface area contributed by atoms with Crippen molar-refractivity contribution in [3.63, 3.8) is 0 Å². The smallest absolute Gasteiger partial charge is 0.154 e. The van der Waals surface area contributed by atoms with E-state index in [1.807, 2.05) is 31.3 Å². The van der Waals surface area contributed by atoms with E-state index in [-0.39, 0.29) is 5.84 Å². The second kappa shape index (κ2) is 5.25. The molecule has 0 aromatic rings. The van der Waals surface area contributed by atoms with Gasteiger partial charge in [0.2, 0.25) is 0 Å². The second-order valence-electron chi connectivity index (χ2n) is 3.55. The molecule has 0 aromatic heterocycles. The largest absolute Gasteiger partial charge is 0.383 e. The van der Waals surface area contributed by atoms with Crippen molar-refractivity contribution in [2.75, 3.05) is 20.8 Å². The number of nitrogens with zero attached hydrogens (tertiary/aromatic N) is 3. The van der Waals surface area contributed by atoms with Crippen LogP contribution < -0.4 is 0 Å². The maximum absolute atomic E-state index is 12.3. The molecule has 0 radical (unpaired) electrons. The quantitative estimate of drug-likeness (QED) is 0.584. The lowest BCUT2D eigenvalue weighted by Crippen LogP contribution is -2.27. The summed E-state index contributed by atoms with van der Waals surface area (Å²) in [4.78, 5) is 1.90. The highest BCUT2D eigenvalue weighted by molar-refractivity contribution is 5.89. The van der Waals surface area contributed by atoms with Crippen molar-refractivity contribution in [2.45, 2.75) is 0 Å². The molecule has 0 amide bonds. The van der Waals surface area contributed by atoms with Crippen molar-refractivity contribution >= 4 is 12.1 Å². The van der Waals surface area contributed by atoms with Crippen LogP contribution in [0.2, 0.25) is 0 Å². The topological polar surface area (TPSA) is 42.7 Å². The maximum Gasteiger partial charge on any atom is 0.154 e. The average Bonchev–Trinajstić information content (AvgIpc) is 2.25. The first-order valence-corrected chi connectivity index (χ1v) is 4.77. The summed E-state index contributed by atoms with van der Waals surface area (Å²) in [6.07, 6.45) is 7.06. The van der Waals surface area contributed by atoms with Crippen molar-refractivity contribution in [1.82, 2.24) is 9.91 Å². The van der Waals surface area contributed by atoms with Crippen LogP contribution in [0.15, 0.2) is 41.3 Å². The standard InChI is InChI=1S/C11H15FN4/c1-9-6-10(4-5-15(2)3)8-14-16(9)11(13)7-12/h4-6,8,13H,1,7H2,2-3H3/b5-4+,13-11?. The number of hydrogen-bond donors (Lipinski definition) is 1. The van der Waals surface area contributed by atoms with Gasteiger partial charge in [-0.15, -0.1) is 0 Å². The molecule has 1 N–H and O–H groups in total. The van der Waals surface area contributed by atoms with Crippen LogP contribution in [0.3, 0.4) is 0 Å². The fraction of sp³-hybridized carbons (Fsp3) is 0.273. The molecule has 0 spiro atoms. The van der Waals surface area contributed by atoms with E-state index in [2.05, 4.69) is 11.7 Å². The Kier molecular flexibility index (Phi) is 3.99. The van der Waals surface area contributed by atoms with E-state index in [0.29, 0.717) is 5.70 Å².